The van der Waals surface area contributed by atoms with Gasteiger partial charge < -0.3 is 20.9 Å². The summed E-state index contributed by atoms with van der Waals surface area (Å²) in [6, 6.07) is -1.12. The van der Waals surface area contributed by atoms with Gasteiger partial charge in [-0.2, -0.15) is 18.2 Å². The third-order valence-corrected chi connectivity index (χ3v) is 5.43. The van der Waals surface area contributed by atoms with Crippen LogP contribution < -0.4 is 27.6 Å². The van der Waals surface area contributed by atoms with E-state index in [4.69, 9.17) is 10.3 Å². The predicted octanol–water partition coefficient (Wildman–Crippen LogP) is 1.17. The van der Waals surface area contributed by atoms with E-state index in [-0.39, 0.29) is 41.0 Å². The number of nitrogens with one attached hydrogen (secondary N) is 2. The van der Waals surface area contributed by atoms with Crippen LogP contribution in [-0.2, 0) is 24.6 Å². The summed E-state index contributed by atoms with van der Waals surface area (Å²) in [5, 5.41) is 8.85. The molecule has 0 saturated heterocycles. The first-order chi connectivity index (χ1) is 19.8. The van der Waals surface area contributed by atoms with Crippen molar-refractivity contribution in [2.24, 2.45) is 22.8 Å². The van der Waals surface area contributed by atoms with Gasteiger partial charge in [0.2, 0.25) is 17.6 Å². The average Bonchev–Trinajstić information content (AvgIpc) is 3.37. The number of aromatic nitrogens is 6. The standard InChI is InChI=1S/C24H26F3N11O4/c1-6-15(14-9-30-22(31-10-14)24(25,26)27)34-16(8-28)35-20(39)12(3)32-18-19(29-7-2)37(5)23(41)38(21(18)40)11-17-33-13(4)36-42-17/h6-10,12,32H,1,11,28H2,2-5H3,(H,35,39)/b16-8+,29-7?,34-15?/t12-/m0/s1. The van der Waals surface area contributed by atoms with Gasteiger partial charge in [0.1, 0.15) is 24.1 Å². The molecule has 0 unspecified atom stereocenters. The average molecular weight is 590 g/mol. The Kier molecular flexibility index (Phi) is 9.51. The van der Waals surface area contributed by atoms with Crippen molar-refractivity contribution >= 4 is 29.3 Å². The van der Waals surface area contributed by atoms with Gasteiger partial charge in [0.25, 0.3) is 5.56 Å². The monoisotopic (exact) mass is 589 g/mol. The molecule has 42 heavy (non-hydrogen) atoms. The highest BCUT2D eigenvalue weighted by atomic mass is 19.4. The van der Waals surface area contributed by atoms with Gasteiger partial charge in [0.05, 0.1) is 5.71 Å². The molecule has 1 amide bonds. The number of halogens is 3. The topological polar surface area (TPSA) is 201 Å². The Labute approximate surface area is 235 Å². The molecule has 15 nitrogen and oxygen atoms in total. The second-order valence-corrected chi connectivity index (χ2v) is 8.46. The Bertz CT molecular complexity index is 1680. The number of rotatable bonds is 10. The van der Waals surface area contributed by atoms with Gasteiger partial charge in [-0.1, -0.05) is 11.7 Å². The zero-order valence-electron chi connectivity index (χ0n) is 22.8. The normalized spacial score (nSPS) is 13.3. The fraction of sp³-hybridized carbons (Fsp3) is 0.292. The maximum Gasteiger partial charge on any atom is 0.451 e. The number of hydrogen-bond donors (Lipinski definition) is 3. The molecule has 0 aliphatic heterocycles. The minimum atomic E-state index is -4.73. The van der Waals surface area contributed by atoms with Gasteiger partial charge in [-0.25, -0.2) is 29.3 Å². The number of nitrogens with zero attached hydrogens (tertiary/aromatic N) is 8. The summed E-state index contributed by atoms with van der Waals surface area (Å²) in [7, 11) is 1.39. The molecule has 1 atom stereocenters. The summed E-state index contributed by atoms with van der Waals surface area (Å²) in [4.78, 5) is 58.1. The summed E-state index contributed by atoms with van der Waals surface area (Å²) in [6.45, 7) is 7.80. The molecule has 0 bridgehead atoms. The number of aliphatic imine (C=N–C) groups is 2. The molecule has 222 valence electrons. The number of aryl methyl sites for hydroxylation is 1. The van der Waals surface area contributed by atoms with E-state index < -0.39 is 35.2 Å². The van der Waals surface area contributed by atoms with E-state index in [1.54, 1.807) is 13.8 Å². The Morgan fingerprint density at radius 3 is 2.48 bits per heavy atom. The van der Waals surface area contributed by atoms with Gasteiger partial charge in [-0.3, -0.25) is 14.2 Å². The zero-order chi connectivity index (χ0) is 31.2. The van der Waals surface area contributed by atoms with Crippen molar-refractivity contribution in [2.45, 2.75) is 39.5 Å². The first-order valence-corrected chi connectivity index (χ1v) is 12.0. The van der Waals surface area contributed by atoms with Crippen molar-refractivity contribution in [1.82, 2.24) is 34.6 Å². The molecule has 0 aromatic carbocycles. The van der Waals surface area contributed by atoms with Crippen molar-refractivity contribution in [1.29, 1.82) is 0 Å². The van der Waals surface area contributed by atoms with Crippen molar-refractivity contribution in [2.75, 3.05) is 5.32 Å². The van der Waals surface area contributed by atoms with Gasteiger partial charge in [-0.15, -0.1) is 0 Å². The van der Waals surface area contributed by atoms with Crippen LogP contribution in [0.1, 0.15) is 37.0 Å². The fourth-order valence-corrected chi connectivity index (χ4v) is 3.42. The lowest BCUT2D eigenvalue weighted by Crippen LogP contribution is -2.43. The molecule has 0 spiro atoms. The van der Waals surface area contributed by atoms with Gasteiger partial charge in [-0.05, 0) is 26.8 Å². The predicted molar refractivity (Wildman–Crippen MR) is 145 cm³/mol. The van der Waals surface area contributed by atoms with Gasteiger partial charge >= 0.3 is 11.9 Å². The second kappa shape index (κ2) is 12.8. The number of anilines is 1. The fourth-order valence-electron chi connectivity index (χ4n) is 3.42. The maximum atomic E-state index is 13.4. The number of alkyl halides is 3. The summed E-state index contributed by atoms with van der Waals surface area (Å²) < 4.78 is 45.3. The number of hydrogen-bond acceptors (Lipinski definition) is 12. The third kappa shape index (κ3) is 7.01. The van der Waals surface area contributed by atoms with Crippen LogP contribution in [0.2, 0.25) is 0 Å². The van der Waals surface area contributed by atoms with E-state index in [1.165, 1.54) is 26.3 Å². The summed E-state index contributed by atoms with van der Waals surface area (Å²) in [5.74, 6) is -1.98. The Hall–Kier alpha value is -5.42. The molecule has 0 saturated carbocycles. The highest BCUT2D eigenvalue weighted by molar-refractivity contribution is 6.08. The van der Waals surface area contributed by atoms with Crippen molar-refractivity contribution < 1.29 is 22.5 Å². The first kappa shape index (κ1) is 31.1. The highest BCUT2D eigenvalue weighted by Crippen LogP contribution is 2.25. The van der Waals surface area contributed by atoms with E-state index in [0.29, 0.717) is 5.82 Å². The molecule has 0 aliphatic rings. The van der Waals surface area contributed by atoms with Crippen LogP contribution >= 0.6 is 0 Å². The smallest absolute Gasteiger partial charge is 0.402 e. The molecular formula is C24H26F3N11O4. The molecule has 3 aromatic heterocycles. The Morgan fingerprint density at radius 2 is 1.95 bits per heavy atom. The van der Waals surface area contributed by atoms with Crippen molar-refractivity contribution in [3.05, 3.63) is 81.0 Å². The SMILES string of the molecule is C=CC(=N/C(=C\N)NC(=O)[C@H](C)Nc1c(N=CC)n(C)c(=O)n(Cc2nc(C)no2)c1=O)c1cnc(C(F)(F)F)nc1. The first-order valence-electron chi connectivity index (χ1n) is 12.0. The molecule has 3 rings (SSSR count). The largest absolute Gasteiger partial charge is 0.451 e. The molecule has 3 aromatic rings. The van der Waals surface area contributed by atoms with Crippen LogP contribution in [0.4, 0.5) is 24.7 Å². The Morgan fingerprint density at radius 1 is 1.29 bits per heavy atom. The quantitative estimate of drug-likeness (QED) is 0.288. The lowest BCUT2D eigenvalue weighted by Gasteiger charge is -2.19. The van der Waals surface area contributed by atoms with E-state index in [2.05, 4.69) is 47.3 Å². The lowest BCUT2D eigenvalue weighted by atomic mass is 10.2. The molecule has 0 fully saturated rings. The zero-order valence-corrected chi connectivity index (χ0v) is 22.8. The molecule has 0 radical (unpaired) electrons. The van der Waals surface area contributed by atoms with Crippen LogP contribution in [-0.4, -0.2) is 53.1 Å². The second-order valence-electron chi connectivity index (χ2n) is 8.46. The van der Waals surface area contributed by atoms with Crippen LogP contribution in [0.25, 0.3) is 0 Å². The third-order valence-electron chi connectivity index (χ3n) is 5.43. The lowest BCUT2D eigenvalue weighted by molar-refractivity contribution is -0.145. The highest BCUT2D eigenvalue weighted by Gasteiger charge is 2.34. The number of carbonyl (C=O) groups is 1. The van der Waals surface area contributed by atoms with Crippen LogP contribution in [0.3, 0.4) is 0 Å². The summed E-state index contributed by atoms with van der Waals surface area (Å²) in [6.07, 6.45) is 0.570. The molecule has 0 aliphatic carbocycles. The summed E-state index contributed by atoms with van der Waals surface area (Å²) >= 11 is 0. The maximum absolute atomic E-state index is 13.4. The number of nitrogens with two attached hydrogens (primary N) is 1. The summed E-state index contributed by atoms with van der Waals surface area (Å²) in [5.41, 5.74) is 3.99. The molecule has 3 heterocycles. The van der Waals surface area contributed by atoms with Gasteiger partial charge in [0.15, 0.2) is 11.6 Å². The molecular weight excluding hydrogens is 563 g/mol. The number of allylic oxidation sites excluding steroid dienone is 1. The Balaban J connectivity index is 1.88. The minimum Gasteiger partial charge on any atom is -0.402 e. The number of amides is 1. The van der Waals surface area contributed by atoms with Gasteiger partial charge in [0, 0.05) is 37.4 Å². The van der Waals surface area contributed by atoms with Crippen LogP contribution in [0, 0.1) is 6.92 Å². The minimum absolute atomic E-state index is 0.0121. The number of carbonyl (C=O) groups excluding carboxylic acids is 1. The van der Waals surface area contributed by atoms with E-state index in [9.17, 15) is 27.6 Å². The van der Waals surface area contributed by atoms with Crippen molar-refractivity contribution in [3.8, 4) is 0 Å². The van der Waals surface area contributed by atoms with E-state index >= 15 is 0 Å². The van der Waals surface area contributed by atoms with Crippen molar-refractivity contribution in [3.63, 3.8) is 0 Å². The van der Waals surface area contributed by atoms with Crippen LogP contribution in [0.15, 0.2) is 61.2 Å². The molecule has 18 heteroatoms. The van der Waals surface area contributed by atoms with E-state index in [1.807, 2.05) is 0 Å². The molecule has 4 N–H and O–H groups in total. The van der Waals surface area contributed by atoms with E-state index in [0.717, 1.165) is 27.7 Å². The van der Waals surface area contributed by atoms with Crippen LogP contribution in [0.5, 0.6) is 0 Å².